The lowest BCUT2D eigenvalue weighted by Gasteiger charge is -2.55. The van der Waals surface area contributed by atoms with Gasteiger partial charge in [-0.2, -0.15) is 0 Å². The van der Waals surface area contributed by atoms with Gasteiger partial charge in [0, 0.05) is 32.5 Å². The summed E-state index contributed by atoms with van der Waals surface area (Å²) in [5, 5.41) is 23.6. The van der Waals surface area contributed by atoms with Crippen molar-refractivity contribution in [3.63, 3.8) is 0 Å². The average Bonchev–Trinajstić information content (AvgIpc) is 3.04. The number of hydrogen-bond donors (Lipinski definition) is 2. The second kappa shape index (κ2) is 17.5. The van der Waals surface area contributed by atoms with Gasteiger partial charge in [0.25, 0.3) is 0 Å². The number of benzene rings is 1. The highest BCUT2D eigenvalue weighted by atomic mass is 32.2. The molecule has 9 atom stereocenters. The van der Waals surface area contributed by atoms with Crippen LogP contribution >= 0.6 is 0 Å². The van der Waals surface area contributed by atoms with Crippen LogP contribution in [0.3, 0.4) is 0 Å². The molecule has 14 heteroatoms. The molecule has 1 fully saturated rings. The largest absolute Gasteiger partial charge is 0.469 e. The molecule has 11 nitrogen and oxygen atoms in total. The molecule has 0 amide bonds. The molecule has 0 bridgehead atoms. The van der Waals surface area contributed by atoms with Gasteiger partial charge < -0.3 is 38.0 Å². The number of carbonyl (C=O) groups is 1. The molecular formula is C37H68O11SSi2. The van der Waals surface area contributed by atoms with Crippen LogP contribution in [0.25, 0.3) is 0 Å². The number of methoxy groups -OCH3 is 3. The number of ether oxygens (including phenoxy) is 4. The van der Waals surface area contributed by atoms with Crippen molar-refractivity contribution in [1.82, 2.24) is 0 Å². The molecule has 1 saturated heterocycles. The molecule has 2 rings (SSSR count). The Labute approximate surface area is 310 Å². The Hall–Kier alpha value is -1.21. The highest BCUT2D eigenvalue weighted by Gasteiger charge is 2.59. The predicted molar refractivity (Wildman–Crippen MR) is 204 cm³/mol. The molecule has 1 aromatic carbocycles. The molecule has 0 spiro atoms. The Morgan fingerprint density at radius 3 is 1.94 bits per heavy atom. The smallest absolute Gasteiger partial charge is 0.308 e. The van der Waals surface area contributed by atoms with E-state index < -0.39 is 80.8 Å². The van der Waals surface area contributed by atoms with Gasteiger partial charge in [0.2, 0.25) is 5.79 Å². The van der Waals surface area contributed by atoms with E-state index in [9.17, 15) is 23.4 Å². The molecule has 0 aliphatic carbocycles. The zero-order chi connectivity index (χ0) is 39.4. The summed E-state index contributed by atoms with van der Waals surface area (Å²) in [6, 6.07) is 8.27. The van der Waals surface area contributed by atoms with E-state index >= 15 is 0 Å². The lowest BCUT2D eigenvalue weighted by Crippen LogP contribution is -2.68. The number of hydrogen-bond acceptors (Lipinski definition) is 11. The highest BCUT2D eigenvalue weighted by molar-refractivity contribution is 7.91. The standard InChI is InChI=1S/C37H68O11SSi2/c1-25-30(24-32(39)44-10)46-37(45-11,26(2)33(25)48-51(14,15)36(6,7)8)34(40)28(38)23-31(43-9)29(47-50(12,13)35(3,4)5)21-22-49(41,42)27-19-17-16-18-20-27/h16-20,25-26,28-31,33-34,38,40H,21-24H2,1-15H3/t25-,26+,28+,29-,30+,31-,33-,34+,37+/m0/s1. The normalized spacial score (nSPS) is 26.3. The molecule has 0 aromatic heterocycles. The fourth-order valence-corrected chi connectivity index (χ4v) is 10.4. The minimum absolute atomic E-state index is 0.102. The number of rotatable bonds is 17. The van der Waals surface area contributed by atoms with Crippen LogP contribution in [0.15, 0.2) is 35.2 Å². The Kier molecular flexibility index (Phi) is 15.8. The monoisotopic (exact) mass is 776 g/mol. The third kappa shape index (κ3) is 10.9. The number of aliphatic hydroxyl groups is 2. The minimum Gasteiger partial charge on any atom is -0.469 e. The van der Waals surface area contributed by atoms with Crippen LogP contribution in [-0.2, 0) is 42.4 Å². The molecule has 2 N–H and O–H groups in total. The highest BCUT2D eigenvalue weighted by Crippen LogP contribution is 2.48. The van der Waals surface area contributed by atoms with Gasteiger partial charge in [-0.25, -0.2) is 8.42 Å². The summed E-state index contributed by atoms with van der Waals surface area (Å²) in [5.41, 5.74) is 0. The van der Waals surface area contributed by atoms with E-state index in [-0.39, 0.29) is 45.9 Å². The number of esters is 1. The van der Waals surface area contributed by atoms with Crippen LogP contribution in [0.4, 0.5) is 0 Å². The summed E-state index contributed by atoms with van der Waals surface area (Å²) >= 11 is 0. The number of sulfone groups is 1. The predicted octanol–water partition coefficient (Wildman–Crippen LogP) is 6.33. The van der Waals surface area contributed by atoms with Crippen molar-refractivity contribution in [2.24, 2.45) is 11.8 Å². The molecule has 1 heterocycles. The second-order valence-corrected chi connectivity index (χ2v) is 28.8. The molecule has 0 radical (unpaired) electrons. The van der Waals surface area contributed by atoms with E-state index in [1.807, 2.05) is 13.8 Å². The quantitative estimate of drug-likeness (QED) is 0.135. The van der Waals surface area contributed by atoms with Crippen molar-refractivity contribution in [2.45, 2.75) is 158 Å². The van der Waals surface area contributed by atoms with Crippen LogP contribution in [-0.4, -0.2) is 111 Å². The zero-order valence-corrected chi connectivity index (χ0v) is 36.6. The summed E-state index contributed by atoms with van der Waals surface area (Å²) in [4.78, 5) is 12.8. The first-order valence-electron chi connectivity index (χ1n) is 18.0. The topological polar surface area (TPSA) is 147 Å². The van der Waals surface area contributed by atoms with Gasteiger partial charge in [0.15, 0.2) is 26.5 Å². The first-order chi connectivity index (χ1) is 23.2. The maximum absolute atomic E-state index is 13.4. The zero-order valence-electron chi connectivity index (χ0n) is 33.8. The fourth-order valence-electron chi connectivity index (χ4n) is 6.17. The first kappa shape index (κ1) is 45.9. The fraction of sp³-hybridized carbons (Fsp3) is 0.811. The lowest BCUT2D eigenvalue weighted by atomic mass is 9.76. The van der Waals surface area contributed by atoms with E-state index in [4.69, 9.17) is 27.8 Å². The van der Waals surface area contributed by atoms with Crippen molar-refractivity contribution in [3.8, 4) is 0 Å². The Bertz CT molecular complexity index is 1360. The van der Waals surface area contributed by atoms with Crippen LogP contribution < -0.4 is 0 Å². The van der Waals surface area contributed by atoms with Gasteiger partial charge in [0.05, 0.1) is 54.7 Å². The van der Waals surface area contributed by atoms with Crippen LogP contribution in [0, 0.1) is 11.8 Å². The molecule has 1 aliphatic heterocycles. The van der Waals surface area contributed by atoms with E-state index in [2.05, 4.69) is 67.7 Å². The van der Waals surface area contributed by atoms with Crippen molar-refractivity contribution in [2.75, 3.05) is 27.1 Å². The summed E-state index contributed by atoms with van der Waals surface area (Å²) in [6.45, 7) is 25.0. The van der Waals surface area contributed by atoms with Crippen molar-refractivity contribution in [3.05, 3.63) is 30.3 Å². The van der Waals surface area contributed by atoms with E-state index in [0.717, 1.165) is 0 Å². The maximum atomic E-state index is 13.4. The van der Waals surface area contributed by atoms with Crippen LogP contribution in [0.1, 0.15) is 74.7 Å². The minimum atomic E-state index is -3.65. The van der Waals surface area contributed by atoms with Gasteiger partial charge in [-0.1, -0.05) is 73.6 Å². The third-order valence-corrected chi connectivity index (χ3v) is 22.5. The molecule has 0 unspecified atom stereocenters. The summed E-state index contributed by atoms with van der Waals surface area (Å²) in [5.74, 6) is -3.31. The van der Waals surface area contributed by atoms with Crippen LogP contribution in [0.5, 0.6) is 0 Å². The van der Waals surface area contributed by atoms with E-state index in [1.54, 1.807) is 30.3 Å². The first-order valence-corrected chi connectivity index (χ1v) is 25.5. The van der Waals surface area contributed by atoms with E-state index in [1.165, 1.54) is 21.3 Å². The van der Waals surface area contributed by atoms with Gasteiger partial charge in [0.1, 0.15) is 6.10 Å². The number of aliphatic hydroxyl groups excluding tert-OH is 2. The maximum Gasteiger partial charge on any atom is 0.308 e. The number of carbonyl (C=O) groups excluding carboxylic acids is 1. The Morgan fingerprint density at radius 1 is 0.922 bits per heavy atom. The van der Waals surface area contributed by atoms with Gasteiger partial charge >= 0.3 is 5.97 Å². The lowest BCUT2D eigenvalue weighted by molar-refractivity contribution is -0.367. The molecular weight excluding hydrogens is 709 g/mol. The van der Waals surface area contributed by atoms with Gasteiger partial charge in [-0.15, -0.1) is 0 Å². The van der Waals surface area contributed by atoms with Gasteiger partial charge in [-0.3, -0.25) is 4.79 Å². The Balaban J connectivity index is 2.53. The van der Waals surface area contributed by atoms with Gasteiger partial charge in [-0.05, 0) is 54.8 Å². The van der Waals surface area contributed by atoms with Crippen molar-refractivity contribution in [1.29, 1.82) is 0 Å². The average molecular weight is 777 g/mol. The third-order valence-electron chi connectivity index (χ3n) is 11.7. The Morgan fingerprint density at radius 2 is 1.47 bits per heavy atom. The van der Waals surface area contributed by atoms with E-state index in [0.29, 0.717) is 0 Å². The van der Waals surface area contributed by atoms with Crippen molar-refractivity contribution >= 4 is 32.4 Å². The molecule has 0 saturated carbocycles. The van der Waals surface area contributed by atoms with Crippen molar-refractivity contribution < 1.29 is 51.2 Å². The molecule has 51 heavy (non-hydrogen) atoms. The summed E-state index contributed by atoms with van der Waals surface area (Å²) in [7, 11) is -4.30. The van der Waals surface area contributed by atoms with Crippen LogP contribution in [0.2, 0.25) is 36.3 Å². The summed E-state index contributed by atoms with van der Waals surface area (Å²) in [6.07, 6.45) is -5.96. The molecule has 1 aromatic rings. The molecule has 1 aliphatic rings. The second-order valence-electron chi connectivity index (χ2n) is 17.2. The SMILES string of the molecule is COC(=O)C[C@H]1O[C@@](OC)([C@H](O)[C@H](O)C[C@H](OC)[C@H](CCS(=O)(=O)c2ccccc2)O[Si](C)(C)C(C)(C)C)[C@H](C)[C@@H](O[Si](C)(C)C(C)(C)C)[C@H]1C. The summed E-state index contributed by atoms with van der Waals surface area (Å²) < 4.78 is 64.0. The molecule has 296 valence electrons.